The molecule has 0 spiro atoms. The predicted octanol–water partition coefficient (Wildman–Crippen LogP) is 3.68. The highest BCUT2D eigenvalue weighted by Crippen LogP contribution is 2.37. The van der Waals surface area contributed by atoms with E-state index in [4.69, 9.17) is 5.73 Å². The maximum absolute atomic E-state index is 12.5. The van der Waals surface area contributed by atoms with Gasteiger partial charge in [-0.25, -0.2) is 0 Å². The number of benzene rings is 1. The van der Waals surface area contributed by atoms with E-state index >= 15 is 0 Å². The van der Waals surface area contributed by atoms with Crippen molar-refractivity contribution in [2.75, 3.05) is 22.9 Å². The van der Waals surface area contributed by atoms with E-state index < -0.39 is 0 Å². The van der Waals surface area contributed by atoms with Gasteiger partial charge in [-0.2, -0.15) is 0 Å². The van der Waals surface area contributed by atoms with Crippen LogP contribution < -0.4 is 10.6 Å². The highest BCUT2D eigenvalue weighted by atomic mass is 32.2. The summed E-state index contributed by atoms with van der Waals surface area (Å²) in [5, 5.41) is 0. The average molecular weight is 290 g/mol. The Bertz CT molecular complexity index is 497. The molecule has 0 aromatic heterocycles. The maximum atomic E-state index is 12.5. The lowest BCUT2D eigenvalue weighted by atomic mass is 10.0. The van der Waals surface area contributed by atoms with E-state index in [2.05, 4.69) is 0 Å². The molecule has 3 rings (SSSR count). The van der Waals surface area contributed by atoms with Crippen LogP contribution in [0.1, 0.15) is 38.5 Å². The number of carbonyl (C=O) groups is 1. The first-order valence-electron chi connectivity index (χ1n) is 7.57. The monoisotopic (exact) mass is 290 g/mol. The van der Waals surface area contributed by atoms with E-state index in [1.54, 1.807) is 0 Å². The number of anilines is 2. The first-order chi connectivity index (χ1) is 9.74. The minimum absolute atomic E-state index is 0.268. The summed E-state index contributed by atoms with van der Waals surface area (Å²) in [5.74, 6) is 2.02. The molecule has 1 heterocycles. The van der Waals surface area contributed by atoms with Crippen LogP contribution in [0.25, 0.3) is 0 Å². The Kier molecular flexibility index (Phi) is 4.20. The summed E-state index contributed by atoms with van der Waals surface area (Å²) in [7, 11) is 0. The number of thioether (sulfide) groups is 1. The van der Waals surface area contributed by atoms with Gasteiger partial charge in [-0.1, -0.05) is 25.7 Å². The summed E-state index contributed by atoms with van der Waals surface area (Å²) in [5.41, 5.74) is 7.62. The number of nitrogens with two attached hydrogens (primary N) is 1. The van der Waals surface area contributed by atoms with E-state index in [-0.39, 0.29) is 5.91 Å². The van der Waals surface area contributed by atoms with Crippen molar-refractivity contribution in [1.82, 2.24) is 0 Å². The van der Waals surface area contributed by atoms with Crippen molar-refractivity contribution in [3.05, 3.63) is 18.2 Å². The first-order valence-corrected chi connectivity index (χ1v) is 8.55. The molecule has 4 heteroatoms. The fourth-order valence-electron chi connectivity index (χ4n) is 3.26. The molecular weight excluding hydrogens is 268 g/mol. The van der Waals surface area contributed by atoms with Gasteiger partial charge in [-0.3, -0.25) is 4.79 Å². The van der Waals surface area contributed by atoms with Crippen molar-refractivity contribution in [2.24, 2.45) is 5.92 Å². The number of carbonyl (C=O) groups excluding carboxylic acids is 1. The van der Waals surface area contributed by atoms with Gasteiger partial charge >= 0.3 is 0 Å². The molecule has 1 aliphatic heterocycles. The molecule has 2 N–H and O–H groups in total. The minimum atomic E-state index is 0.268. The lowest BCUT2D eigenvalue weighted by Gasteiger charge is -2.29. The standard InChI is InChI=1S/C16H22N2OS/c17-13-6-7-15-14(11-13)18(9-10-20-15)16(19)8-5-12-3-1-2-4-12/h6-7,11-12H,1-5,8-10,17H2. The molecule has 0 radical (unpaired) electrons. The van der Waals surface area contributed by atoms with Crippen LogP contribution in [0.3, 0.4) is 0 Å². The van der Waals surface area contributed by atoms with Gasteiger partial charge in [0.1, 0.15) is 0 Å². The summed E-state index contributed by atoms with van der Waals surface area (Å²) in [4.78, 5) is 15.6. The van der Waals surface area contributed by atoms with E-state index in [1.807, 2.05) is 34.9 Å². The quantitative estimate of drug-likeness (QED) is 0.864. The van der Waals surface area contributed by atoms with Crippen LogP contribution in [0.2, 0.25) is 0 Å². The molecule has 1 aromatic carbocycles. The van der Waals surface area contributed by atoms with Gasteiger partial charge in [0.15, 0.2) is 0 Å². The zero-order valence-electron chi connectivity index (χ0n) is 11.8. The molecule has 1 fully saturated rings. The SMILES string of the molecule is Nc1ccc2c(c1)N(C(=O)CCC1CCCC1)CCS2. The van der Waals surface area contributed by atoms with Gasteiger partial charge in [0.05, 0.1) is 5.69 Å². The van der Waals surface area contributed by atoms with Gasteiger partial charge in [0.2, 0.25) is 5.91 Å². The fraction of sp³-hybridized carbons (Fsp3) is 0.562. The van der Waals surface area contributed by atoms with Gasteiger partial charge < -0.3 is 10.6 Å². The van der Waals surface area contributed by atoms with E-state index in [0.29, 0.717) is 6.42 Å². The van der Waals surface area contributed by atoms with Crippen LogP contribution >= 0.6 is 11.8 Å². The van der Waals surface area contributed by atoms with Crippen molar-refractivity contribution in [1.29, 1.82) is 0 Å². The van der Waals surface area contributed by atoms with Crippen molar-refractivity contribution >= 4 is 29.0 Å². The van der Waals surface area contributed by atoms with Crippen LogP contribution in [0, 0.1) is 5.92 Å². The summed E-state index contributed by atoms with van der Waals surface area (Å²) >= 11 is 1.81. The third-order valence-corrected chi connectivity index (χ3v) is 5.43. The molecule has 108 valence electrons. The Balaban J connectivity index is 1.68. The van der Waals surface area contributed by atoms with Crippen LogP contribution in [-0.4, -0.2) is 18.2 Å². The highest BCUT2D eigenvalue weighted by molar-refractivity contribution is 7.99. The van der Waals surface area contributed by atoms with Crippen LogP contribution in [0.4, 0.5) is 11.4 Å². The van der Waals surface area contributed by atoms with Crippen LogP contribution in [0.15, 0.2) is 23.1 Å². The van der Waals surface area contributed by atoms with Crippen molar-refractivity contribution < 1.29 is 4.79 Å². The molecule has 0 atom stereocenters. The van der Waals surface area contributed by atoms with Crippen molar-refractivity contribution in [3.63, 3.8) is 0 Å². The molecule has 2 aliphatic rings. The van der Waals surface area contributed by atoms with E-state index in [0.717, 1.165) is 36.0 Å². The zero-order chi connectivity index (χ0) is 13.9. The predicted molar refractivity (Wildman–Crippen MR) is 85.1 cm³/mol. The highest BCUT2D eigenvalue weighted by Gasteiger charge is 2.24. The topological polar surface area (TPSA) is 46.3 Å². The van der Waals surface area contributed by atoms with Gasteiger partial charge in [-0.05, 0) is 30.5 Å². The minimum Gasteiger partial charge on any atom is -0.399 e. The summed E-state index contributed by atoms with van der Waals surface area (Å²) in [6.45, 7) is 0.810. The Hall–Kier alpha value is -1.16. The van der Waals surface area contributed by atoms with Crippen LogP contribution in [0.5, 0.6) is 0 Å². The van der Waals surface area contributed by atoms with Crippen molar-refractivity contribution in [3.8, 4) is 0 Å². The van der Waals surface area contributed by atoms with Crippen molar-refractivity contribution in [2.45, 2.75) is 43.4 Å². The summed E-state index contributed by atoms with van der Waals surface area (Å²) in [6, 6.07) is 5.89. The van der Waals surface area contributed by atoms with Crippen LogP contribution in [-0.2, 0) is 4.79 Å². The molecule has 1 amide bonds. The fourth-order valence-corrected chi connectivity index (χ4v) is 4.23. The Morgan fingerprint density at radius 1 is 1.35 bits per heavy atom. The number of rotatable bonds is 3. The number of nitrogen functional groups attached to an aromatic ring is 1. The normalized spacial score (nSPS) is 19.1. The largest absolute Gasteiger partial charge is 0.399 e. The number of hydrogen-bond acceptors (Lipinski definition) is 3. The smallest absolute Gasteiger partial charge is 0.227 e. The summed E-state index contributed by atoms with van der Waals surface area (Å²) < 4.78 is 0. The lowest BCUT2D eigenvalue weighted by molar-refractivity contribution is -0.118. The molecule has 1 aromatic rings. The number of fused-ring (bicyclic) bond motifs is 1. The Labute approximate surface area is 124 Å². The zero-order valence-corrected chi connectivity index (χ0v) is 12.6. The second-order valence-electron chi connectivity index (χ2n) is 5.81. The molecule has 1 saturated carbocycles. The second kappa shape index (κ2) is 6.08. The van der Waals surface area contributed by atoms with E-state index in [1.165, 1.54) is 30.6 Å². The van der Waals surface area contributed by atoms with E-state index in [9.17, 15) is 4.79 Å². The number of nitrogens with zero attached hydrogens (tertiary/aromatic N) is 1. The average Bonchev–Trinajstić information content (AvgIpc) is 2.97. The third kappa shape index (κ3) is 2.95. The molecule has 1 aliphatic carbocycles. The molecule has 20 heavy (non-hydrogen) atoms. The second-order valence-corrected chi connectivity index (χ2v) is 6.95. The lowest BCUT2D eigenvalue weighted by Crippen LogP contribution is -2.35. The van der Waals surface area contributed by atoms with Gasteiger partial charge in [-0.15, -0.1) is 11.8 Å². The first kappa shape index (κ1) is 13.8. The molecule has 0 saturated heterocycles. The number of amides is 1. The molecular formula is C16H22N2OS. The van der Waals surface area contributed by atoms with Gasteiger partial charge in [0.25, 0.3) is 0 Å². The maximum Gasteiger partial charge on any atom is 0.227 e. The summed E-state index contributed by atoms with van der Waals surface area (Å²) in [6.07, 6.45) is 7.06. The third-order valence-electron chi connectivity index (χ3n) is 4.39. The Morgan fingerprint density at radius 3 is 2.95 bits per heavy atom. The molecule has 0 unspecified atom stereocenters. The molecule has 0 bridgehead atoms. The molecule has 3 nitrogen and oxygen atoms in total. The Morgan fingerprint density at radius 2 is 2.15 bits per heavy atom. The number of hydrogen-bond donors (Lipinski definition) is 1. The van der Waals surface area contributed by atoms with Gasteiger partial charge in [0, 0.05) is 29.3 Å².